The Bertz CT molecular complexity index is 1130. The number of para-hydroxylation sites is 1. The number of hydrogen-bond acceptors (Lipinski definition) is 5. The van der Waals surface area contributed by atoms with Crippen LogP contribution < -0.4 is 11.1 Å². The first kappa shape index (κ1) is 18.8. The van der Waals surface area contributed by atoms with Crippen LogP contribution in [-0.2, 0) is 24.3 Å². The number of carbonyl (C=O) groups excluding carboxylic acids is 1. The average molecular weight is 389 g/mol. The molecule has 3 heterocycles. The van der Waals surface area contributed by atoms with E-state index in [4.69, 9.17) is 5.73 Å². The second-order valence-electron chi connectivity index (χ2n) is 6.90. The predicted molar refractivity (Wildman–Crippen MR) is 111 cm³/mol. The monoisotopic (exact) mass is 389 g/mol. The zero-order valence-corrected chi connectivity index (χ0v) is 16.2. The maximum absolute atomic E-state index is 11.5. The van der Waals surface area contributed by atoms with Crippen LogP contribution in [0.3, 0.4) is 0 Å². The van der Waals surface area contributed by atoms with Gasteiger partial charge in [-0.2, -0.15) is 5.10 Å². The van der Waals surface area contributed by atoms with Crippen molar-refractivity contribution in [3.8, 4) is 11.4 Å². The zero-order chi connectivity index (χ0) is 20.2. The minimum Gasteiger partial charge on any atom is -0.368 e. The minimum atomic E-state index is -0.344. The molecule has 4 rings (SSSR count). The lowest BCUT2D eigenvalue weighted by atomic mass is 10.1. The molecule has 29 heavy (non-hydrogen) atoms. The van der Waals surface area contributed by atoms with E-state index in [1.807, 2.05) is 41.8 Å². The van der Waals surface area contributed by atoms with E-state index in [9.17, 15) is 4.79 Å². The molecule has 4 N–H and O–H groups in total. The van der Waals surface area contributed by atoms with E-state index < -0.39 is 0 Å². The van der Waals surface area contributed by atoms with E-state index in [1.165, 1.54) is 5.56 Å². The maximum atomic E-state index is 11.5. The summed E-state index contributed by atoms with van der Waals surface area (Å²) in [4.78, 5) is 20.0. The highest BCUT2D eigenvalue weighted by Gasteiger charge is 2.14. The van der Waals surface area contributed by atoms with Gasteiger partial charge in [-0.15, -0.1) is 0 Å². The van der Waals surface area contributed by atoms with E-state index in [-0.39, 0.29) is 12.5 Å². The van der Waals surface area contributed by atoms with Crippen molar-refractivity contribution in [2.45, 2.75) is 26.4 Å². The molecule has 0 bridgehead atoms. The Morgan fingerprint density at radius 3 is 2.79 bits per heavy atom. The number of nitrogens with zero attached hydrogens (tertiary/aromatic N) is 4. The Kier molecular flexibility index (Phi) is 5.35. The van der Waals surface area contributed by atoms with Gasteiger partial charge in [0.05, 0.1) is 0 Å². The molecule has 8 heteroatoms. The van der Waals surface area contributed by atoms with Crippen molar-refractivity contribution in [1.29, 1.82) is 0 Å². The van der Waals surface area contributed by atoms with Crippen molar-refractivity contribution in [2.75, 3.05) is 6.54 Å². The summed E-state index contributed by atoms with van der Waals surface area (Å²) in [7, 11) is 0. The number of nitrogens with two attached hydrogens (primary N) is 1. The number of carbonyl (C=O) groups is 1. The number of pyridine rings is 1. The molecular formula is C21H23N7O. The van der Waals surface area contributed by atoms with Gasteiger partial charge in [0.15, 0.2) is 5.82 Å². The van der Waals surface area contributed by atoms with Crippen molar-refractivity contribution in [3.05, 3.63) is 65.9 Å². The third-order valence-electron chi connectivity index (χ3n) is 4.99. The van der Waals surface area contributed by atoms with Gasteiger partial charge in [-0.05, 0) is 30.7 Å². The van der Waals surface area contributed by atoms with Crippen LogP contribution in [-0.4, -0.2) is 37.2 Å². The number of benzene rings is 1. The number of amides is 1. The van der Waals surface area contributed by atoms with Crippen LogP contribution in [0, 0.1) is 6.92 Å². The van der Waals surface area contributed by atoms with Gasteiger partial charge < -0.3 is 15.6 Å². The van der Waals surface area contributed by atoms with Crippen molar-refractivity contribution in [1.82, 2.24) is 30.0 Å². The fourth-order valence-electron chi connectivity index (χ4n) is 3.54. The Morgan fingerprint density at radius 2 is 2.00 bits per heavy atom. The largest absolute Gasteiger partial charge is 0.368 e. The van der Waals surface area contributed by atoms with Crippen LogP contribution in [0.5, 0.6) is 0 Å². The van der Waals surface area contributed by atoms with Gasteiger partial charge in [-0.1, -0.05) is 18.2 Å². The van der Waals surface area contributed by atoms with E-state index >= 15 is 0 Å². The lowest BCUT2D eigenvalue weighted by Crippen LogP contribution is -2.20. The van der Waals surface area contributed by atoms with Gasteiger partial charge in [0.2, 0.25) is 5.91 Å². The molecule has 0 fully saturated rings. The van der Waals surface area contributed by atoms with Crippen molar-refractivity contribution >= 4 is 16.8 Å². The molecule has 0 atom stereocenters. The summed E-state index contributed by atoms with van der Waals surface area (Å²) in [5.41, 5.74) is 9.62. The van der Waals surface area contributed by atoms with Crippen molar-refractivity contribution < 1.29 is 4.79 Å². The van der Waals surface area contributed by atoms with Gasteiger partial charge in [0, 0.05) is 54.1 Å². The zero-order valence-electron chi connectivity index (χ0n) is 16.2. The number of rotatable bonds is 8. The predicted octanol–water partition coefficient (Wildman–Crippen LogP) is 1.95. The summed E-state index contributed by atoms with van der Waals surface area (Å²) < 4.78 is 1.98. The van der Waals surface area contributed by atoms with Crippen LogP contribution in [0.15, 0.2) is 48.8 Å². The summed E-state index contributed by atoms with van der Waals surface area (Å²) in [6.07, 6.45) is 4.19. The second-order valence-corrected chi connectivity index (χ2v) is 6.90. The highest BCUT2D eigenvalue weighted by atomic mass is 16.1. The highest BCUT2D eigenvalue weighted by molar-refractivity contribution is 5.87. The Labute approximate surface area is 168 Å². The van der Waals surface area contributed by atoms with Gasteiger partial charge in [-0.25, -0.2) is 4.98 Å². The maximum Gasteiger partial charge on any atom is 0.237 e. The second kappa shape index (κ2) is 8.24. The van der Waals surface area contributed by atoms with Crippen LogP contribution in [0.1, 0.15) is 17.1 Å². The number of primary amides is 1. The average Bonchev–Trinajstić information content (AvgIpc) is 3.30. The molecule has 4 aromatic rings. The first-order valence-electron chi connectivity index (χ1n) is 9.51. The molecule has 0 radical (unpaired) electrons. The Balaban J connectivity index is 1.41. The first-order valence-corrected chi connectivity index (χ1v) is 9.51. The lowest BCUT2D eigenvalue weighted by Gasteiger charge is -2.07. The molecule has 0 saturated carbocycles. The molecule has 0 aliphatic carbocycles. The molecule has 1 amide bonds. The number of H-pyrrole nitrogens is 1. The fourth-order valence-corrected chi connectivity index (χ4v) is 3.54. The molecular weight excluding hydrogens is 366 g/mol. The third kappa shape index (κ3) is 4.02. The van der Waals surface area contributed by atoms with Gasteiger partial charge in [0.1, 0.15) is 12.4 Å². The van der Waals surface area contributed by atoms with Gasteiger partial charge in [-0.3, -0.25) is 14.9 Å². The van der Waals surface area contributed by atoms with Gasteiger partial charge >= 0.3 is 0 Å². The normalized spacial score (nSPS) is 11.2. The summed E-state index contributed by atoms with van der Waals surface area (Å²) in [6.45, 7) is 3.66. The number of aromatic nitrogens is 5. The summed E-state index contributed by atoms with van der Waals surface area (Å²) >= 11 is 0. The molecule has 3 aromatic heterocycles. The first-order chi connectivity index (χ1) is 14.1. The van der Waals surface area contributed by atoms with Crippen molar-refractivity contribution in [3.63, 3.8) is 0 Å². The molecule has 0 saturated heterocycles. The molecule has 0 aliphatic heterocycles. The topological polar surface area (TPSA) is 115 Å². The van der Waals surface area contributed by atoms with E-state index in [0.717, 1.165) is 41.0 Å². The molecule has 0 aliphatic rings. The van der Waals surface area contributed by atoms with Crippen LogP contribution in [0.25, 0.3) is 22.3 Å². The molecule has 8 nitrogen and oxygen atoms in total. The molecule has 148 valence electrons. The van der Waals surface area contributed by atoms with Gasteiger partial charge in [0.25, 0.3) is 0 Å². The van der Waals surface area contributed by atoms with Crippen LogP contribution in [0.4, 0.5) is 0 Å². The number of aromatic amines is 1. The van der Waals surface area contributed by atoms with Crippen molar-refractivity contribution in [2.24, 2.45) is 5.73 Å². The quantitative estimate of drug-likeness (QED) is 0.399. The molecule has 0 unspecified atom stereocenters. The standard InChI is InChI=1S/C21H23N7O/c1-14-17(16-4-2-3-5-18(16)28(14)13-19(22)29)12-24-11-8-20-25-21(27-26-20)15-6-9-23-10-7-15/h2-7,9-10,24H,8,11-13H2,1H3,(H2,22,29)(H,25,26,27). The number of fused-ring (bicyclic) bond motifs is 1. The number of hydrogen-bond donors (Lipinski definition) is 3. The molecule has 0 spiro atoms. The molecule has 1 aromatic carbocycles. The summed E-state index contributed by atoms with van der Waals surface area (Å²) in [5, 5.41) is 11.9. The van der Waals surface area contributed by atoms with Crippen LogP contribution in [0.2, 0.25) is 0 Å². The minimum absolute atomic E-state index is 0.183. The third-order valence-corrected chi connectivity index (χ3v) is 4.99. The number of nitrogens with one attached hydrogen (secondary N) is 2. The smallest absolute Gasteiger partial charge is 0.237 e. The SMILES string of the molecule is Cc1c(CNCCc2nc(-c3ccncc3)n[nH]2)c2ccccc2n1CC(N)=O. The lowest BCUT2D eigenvalue weighted by molar-refractivity contribution is -0.118. The Morgan fingerprint density at radius 1 is 1.21 bits per heavy atom. The van der Waals surface area contributed by atoms with Crippen LogP contribution >= 0.6 is 0 Å². The van der Waals surface area contributed by atoms with E-state index in [2.05, 4.69) is 31.5 Å². The fraction of sp³-hybridized carbons (Fsp3) is 0.238. The highest BCUT2D eigenvalue weighted by Crippen LogP contribution is 2.25. The van der Waals surface area contributed by atoms with E-state index in [1.54, 1.807) is 12.4 Å². The van der Waals surface area contributed by atoms with E-state index in [0.29, 0.717) is 12.4 Å². The summed E-state index contributed by atoms with van der Waals surface area (Å²) in [6, 6.07) is 11.8. The Hall–Kier alpha value is -3.52. The summed E-state index contributed by atoms with van der Waals surface area (Å²) in [5.74, 6) is 1.16.